The Labute approximate surface area is 59.8 Å². The van der Waals surface area contributed by atoms with Crippen molar-refractivity contribution in [3.63, 3.8) is 0 Å². The average Bonchev–Trinajstić information content (AvgIpc) is 2.14. The number of anilines is 1. The van der Waals surface area contributed by atoms with Gasteiger partial charge in [0.25, 0.3) is 5.24 Å². The lowest BCUT2D eigenvalue weighted by Crippen LogP contribution is -1.91. The van der Waals surface area contributed by atoms with Gasteiger partial charge in [-0.3, -0.25) is 4.79 Å². The first-order valence-corrected chi connectivity index (χ1v) is 3.14. The third-order valence-corrected chi connectivity index (χ3v) is 1.33. The third-order valence-electron chi connectivity index (χ3n) is 0.618. The van der Waals surface area contributed by atoms with Crippen molar-refractivity contribution in [2.45, 2.75) is 0 Å². The van der Waals surface area contributed by atoms with E-state index in [1.165, 1.54) is 0 Å². The van der Waals surface area contributed by atoms with Crippen molar-refractivity contribution < 1.29 is 4.79 Å². The van der Waals surface area contributed by atoms with Gasteiger partial charge >= 0.3 is 0 Å². The highest BCUT2D eigenvalue weighted by Crippen LogP contribution is 2.06. The maximum Gasteiger partial charge on any atom is 0.290 e. The molecule has 0 unspecified atom stereocenters. The minimum absolute atomic E-state index is 0.0285. The molecule has 0 amide bonds. The highest BCUT2D eigenvalue weighted by atomic mass is 35.5. The number of carbonyl (C=O) groups excluding carboxylic acids is 1. The van der Waals surface area contributed by atoms with E-state index in [0.717, 1.165) is 11.5 Å². The maximum atomic E-state index is 10.3. The highest BCUT2D eigenvalue weighted by molar-refractivity contribution is 7.09. The van der Waals surface area contributed by atoms with Crippen molar-refractivity contribution in [1.29, 1.82) is 0 Å². The van der Waals surface area contributed by atoms with Crippen molar-refractivity contribution >= 4 is 33.5 Å². The summed E-state index contributed by atoms with van der Waals surface area (Å²) < 4.78 is 3.54. The van der Waals surface area contributed by atoms with Gasteiger partial charge in [0.2, 0.25) is 5.82 Å². The summed E-state index contributed by atoms with van der Waals surface area (Å²) in [6.45, 7) is 0. The first-order chi connectivity index (χ1) is 4.20. The summed E-state index contributed by atoms with van der Waals surface area (Å²) in [5.74, 6) is -0.0285. The predicted molar refractivity (Wildman–Crippen MR) is 34.5 cm³/mol. The van der Waals surface area contributed by atoms with E-state index in [9.17, 15) is 4.79 Å². The second-order valence-electron chi connectivity index (χ2n) is 1.23. The zero-order chi connectivity index (χ0) is 6.85. The summed E-state index contributed by atoms with van der Waals surface area (Å²) in [6, 6.07) is 0. The molecule has 0 aliphatic heterocycles. The zero-order valence-electron chi connectivity index (χ0n) is 4.17. The van der Waals surface area contributed by atoms with Crippen LogP contribution in [0.4, 0.5) is 5.13 Å². The van der Waals surface area contributed by atoms with E-state index < -0.39 is 5.24 Å². The van der Waals surface area contributed by atoms with Crippen LogP contribution < -0.4 is 5.73 Å². The highest BCUT2D eigenvalue weighted by Gasteiger charge is 2.06. The third kappa shape index (κ3) is 1.36. The Morgan fingerprint density at radius 1 is 1.78 bits per heavy atom. The standard InChI is InChI=1S/C3H2ClN3OS/c4-1(8)2-6-3(5)9-7-2/h(H2,5,6,7). The lowest BCUT2D eigenvalue weighted by Gasteiger charge is -1.75. The van der Waals surface area contributed by atoms with Crippen molar-refractivity contribution in [3.05, 3.63) is 5.82 Å². The van der Waals surface area contributed by atoms with Gasteiger partial charge in [-0.1, -0.05) is 0 Å². The van der Waals surface area contributed by atoms with Gasteiger partial charge < -0.3 is 5.73 Å². The minimum Gasteiger partial charge on any atom is -0.374 e. The van der Waals surface area contributed by atoms with E-state index in [4.69, 9.17) is 17.3 Å². The van der Waals surface area contributed by atoms with Crippen LogP contribution in [0.1, 0.15) is 10.6 Å². The Morgan fingerprint density at radius 3 is 2.67 bits per heavy atom. The molecule has 2 N–H and O–H groups in total. The average molecular weight is 164 g/mol. The molecule has 4 nitrogen and oxygen atoms in total. The normalized spacial score (nSPS) is 9.44. The topological polar surface area (TPSA) is 68.9 Å². The molecule has 9 heavy (non-hydrogen) atoms. The Balaban J connectivity index is 2.98. The summed E-state index contributed by atoms with van der Waals surface area (Å²) in [5, 5.41) is -0.429. The number of nitrogen functional groups attached to an aromatic ring is 1. The Bertz CT molecular complexity index is 235. The lowest BCUT2D eigenvalue weighted by molar-refractivity contribution is 0.107. The number of carbonyl (C=O) groups is 1. The molecule has 0 aliphatic carbocycles. The van der Waals surface area contributed by atoms with E-state index in [0.29, 0.717) is 0 Å². The van der Waals surface area contributed by atoms with Crippen LogP contribution in [-0.4, -0.2) is 14.6 Å². The molecule has 0 atom stereocenters. The molecule has 6 heteroatoms. The monoisotopic (exact) mass is 163 g/mol. The first-order valence-electron chi connectivity index (χ1n) is 1.99. The number of hydrogen-bond donors (Lipinski definition) is 1. The zero-order valence-corrected chi connectivity index (χ0v) is 5.74. The Hall–Kier alpha value is -0.680. The predicted octanol–water partition coefficient (Wildman–Crippen LogP) is 0.499. The van der Waals surface area contributed by atoms with E-state index in [2.05, 4.69) is 9.36 Å². The van der Waals surface area contributed by atoms with Gasteiger partial charge in [0.05, 0.1) is 0 Å². The van der Waals surface area contributed by atoms with Crippen LogP contribution in [0.25, 0.3) is 0 Å². The van der Waals surface area contributed by atoms with Gasteiger partial charge in [-0.2, -0.15) is 9.36 Å². The van der Waals surface area contributed by atoms with Crippen LogP contribution in [0.3, 0.4) is 0 Å². The van der Waals surface area contributed by atoms with Crippen LogP contribution >= 0.6 is 23.1 Å². The molecule has 1 aromatic rings. The fourth-order valence-electron chi connectivity index (χ4n) is 0.315. The van der Waals surface area contributed by atoms with Crippen LogP contribution in [0.2, 0.25) is 0 Å². The largest absolute Gasteiger partial charge is 0.374 e. The fraction of sp³-hybridized carbons (Fsp3) is 0. The minimum atomic E-state index is -0.678. The molecule has 0 aliphatic rings. The summed E-state index contributed by atoms with van der Waals surface area (Å²) in [4.78, 5) is 13.8. The van der Waals surface area contributed by atoms with Gasteiger partial charge in [-0.25, -0.2) is 0 Å². The van der Waals surface area contributed by atoms with Crippen molar-refractivity contribution in [3.8, 4) is 0 Å². The number of nitrogens with two attached hydrogens (primary N) is 1. The fourth-order valence-corrected chi connectivity index (χ4v) is 0.881. The second kappa shape index (κ2) is 2.28. The quantitative estimate of drug-likeness (QED) is 0.613. The number of aromatic nitrogens is 2. The summed E-state index contributed by atoms with van der Waals surface area (Å²) in [6.07, 6.45) is 0. The van der Waals surface area contributed by atoms with Crippen LogP contribution in [0.15, 0.2) is 0 Å². The molecule has 0 saturated carbocycles. The molecule has 1 aromatic heterocycles. The SMILES string of the molecule is Nc1nc(C(=O)Cl)ns1. The molecular formula is C3H2ClN3OS. The molecule has 1 heterocycles. The number of nitrogens with zero attached hydrogens (tertiary/aromatic N) is 2. The van der Waals surface area contributed by atoms with E-state index in [1.807, 2.05) is 0 Å². The molecular weight excluding hydrogens is 162 g/mol. The Kier molecular flexibility index (Phi) is 1.63. The van der Waals surface area contributed by atoms with E-state index in [-0.39, 0.29) is 11.0 Å². The molecule has 48 valence electrons. The van der Waals surface area contributed by atoms with E-state index in [1.54, 1.807) is 0 Å². The summed E-state index contributed by atoms with van der Waals surface area (Å²) in [5.41, 5.74) is 5.15. The van der Waals surface area contributed by atoms with Crippen LogP contribution in [-0.2, 0) is 0 Å². The smallest absolute Gasteiger partial charge is 0.290 e. The van der Waals surface area contributed by atoms with Crippen molar-refractivity contribution in [1.82, 2.24) is 9.36 Å². The Morgan fingerprint density at radius 2 is 2.44 bits per heavy atom. The van der Waals surface area contributed by atoms with Crippen molar-refractivity contribution in [2.24, 2.45) is 0 Å². The molecule has 0 bridgehead atoms. The molecule has 0 aromatic carbocycles. The second-order valence-corrected chi connectivity index (χ2v) is 2.36. The number of halogens is 1. The number of hydrogen-bond acceptors (Lipinski definition) is 5. The van der Waals surface area contributed by atoms with Gasteiger partial charge in [-0.05, 0) is 11.6 Å². The first kappa shape index (κ1) is 6.44. The van der Waals surface area contributed by atoms with Crippen LogP contribution in [0.5, 0.6) is 0 Å². The van der Waals surface area contributed by atoms with Crippen molar-refractivity contribution in [2.75, 3.05) is 5.73 Å². The molecule has 0 spiro atoms. The lowest BCUT2D eigenvalue weighted by atomic mass is 10.7. The molecule has 1 rings (SSSR count). The van der Waals surface area contributed by atoms with Gasteiger partial charge in [0.15, 0.2) is 5.13 Å². The van der Waals surface area contributed by atoms with E-state index >= 15 is 0 Å². The number of rotatable bonds is 1. The van der Waals surface area contributed by atoms with Crippen LogP contribution in [0, 0.1) is 0 Å². The summed E-state index contributed by atoms with van der Waals surface area (Å²) >= 11 is 5.95. The van der Waals surface area contributed by atoms with Gasteiger partial charge in [0.1, 0.15) is 0 Å². The van der Waals surface area contributed by atoms with Gasteiger partial charge in [-0.15, -0.1) is 0 Å². The molecule has 0 fully saturated rings. The molecule has 0 saturated heterocycles. The molecule has 0 radical (unpaired) electrons. The van der Waals surface area contributed by atoms with Gasteiger partial charge in [0, 0.05) is 11.5 Å². The summed E-state index contributed by atoms with van der Waals surface area (Å²) in [7, 11) is 0. The maximum absolute atomic E-state index is 10.3.